The maximum Gasteiger partial charge on any atom is 0.413 e. The van der Waals surface area contributed by atoms with Crippen molar-refractivity contribution in [2.24, 2.45) is 0 Å². The molecule has 0 bridgehead atoms. The molecular formula is C31H34ClN3O4. The SMILES string of the molecule is CCC(C(=O)NC(CO)c1ccccc1)(c1ccc(Cl)cc1)n1ccc2c(OC(=O)NC(C)(C)C)cccc21. The number of carbonyl (C=O) groups is 2. The van der Waals surface area contributed by atoms with Crippen molar-refractivity contribution in [1.29, 1.82) is 0 Å². The fourth-order valence-corrected chi connectivity index (χ4v) is 4.96. The summed E-state index contributed by atoms with van der Waals surface area (Å²) in [5.74, 6) is 0.0940. The van der Waals surface area contributed by atoms with Crippen LogP contribution in [0.5, 0.6) is 5.75 Å². The molecule has 2 amide bonds. The number of benzene rings is 3. The Morgan fingerprint density at radius 1 is 0.974 bits per heavy atom. The first-order chi connectivity index (χ1) is 18.6. The van der Waals surface area contributed by atoms with Gasteiger partial charge in [-0.15, -0.1) is 0 Å². The number of aromatic nitrogens is 1. The minimum Gasteiger partial charge on any atom is -0.410 e. The molecule has 4 aromatic rings. The molecule has 0 aliphatic carbocycles. The third kappa shape index (κ3) is 5.95. The Labute approximate surface area is 233 Å². The molecule has 8 heteroatoms. The Morgan fingerprint density at radius 2 is 1.67 bits per heavy atom. The lowest BCUT2D eigenvalue weighted by Crippen LogP contribution is -2.50. The van der Waals surface area contributed by atoms with E-state index in [0.29, 0.717) is 28.1 Å². The molecule has 2 unspecified atom stereocenters. The molecule has 0 saturated carbocycles. The molecule has 1 aromatic heterocycles. The van der Waals surface area contributed by atoms with Crippen molar-refractivity contribution in [2.75, 3.05) is 6.61 Å². The first-order valence-corrected chi connectivity index (χ1v) is 13.3. The molecule has 2 atom stereocenters. The van der Waals surface area contributed by atoms with Crippen LogP contribution >= 0.6 is 11.6 Å². The summed E-state index contributed by atoms with van der Waals surface area (Å²) in [4.78, 5) is 26.9. The highest BCUT2D eigenvalue weighted by Crippen LogP contribution is 2.38. The lowest BCUT2D eigenvalue weighted by atomic mass is 9.85. The van der Waals surface area contributed by atoms with Crippen LogP contribution in [0.2, 0.25) is 5.02 Å². The quantitative estimate of drug-likeness (QED) is 0.245. The number of aliphatic hydroxyl groups is 1. The van der Waals surface area contributed by atoms with Gasteiger partial charge in [0.05, 0.1) is 18.2 Å². The van der Waals surface area contributed by atoms with E-state index < -0.39 is 23.2 Å². The fourth-order valence-electron chi connectivity index (χ4n) is 4.83. The van der Waals surface area contributed by atoms with E-state index in [-0.39, 0.29) is 12.5 Å². The number of nitrogens with zero attached hydrogens (tertiary/aromatic N) is 1. The number of hydrogen-bond acceptors (Lipinski definition) is 4. The topological polar surface area (TPSA) is 92.6 Å². The summed E-state index contributed by atoms with van der Waals surface area (Å²) in [6.45, 7) is 7.30. The van der Waals surface area contributed by atoms with Crippen molar-refractivity contribution in [3.05, 3.63) is 101 Å². The average molecular weight is 548 g/mol. The molecular weight excluding hydrogens is 514 g/mol. The molecule has 7 nitrogen and oxygen atoms in total. The van der Waals surface area contributed by atoms with Crippen LogP contribution in [0.4, 0.5) is 4.79 Å². The standard InChI is InChI=1S/C31H34ClN3O4/c1-5-31(22-14-16-23(32)17-15-22,28(37)33-25(20-36)21-10-7-6-8-11-21)35-19-18-24-26(35)12-9-13-27(24)39-29(38)34-30(2,3)4/h6-19,25,36H,5,20H2,1-4H3,(H,33,37)(H,34,38). The van der Waals surface area contributed by atoms with Gasteiger partial charge in [-0.05, 0) is 68.7 Å². The average Bonchev–Trinajstić information content (AvgIpc) is 3.34. The first-order valence-electron chi connectivity index (χ1n) is 12.9. The van der Waals surface area contributed by atoms with E-state index in [1.54, 1.807) is 24.3 Å². The highest BCUT2D eigenvalue weighted by Gasteiger charge is 2.42. The van der Waals surface area contributed by atoms with Gasteiger partial charge in [-0.2, -0.15) is 0 Å². The number of aliphatic hydroxyl groups excluding tert-OH is 1. The molecule has 0 aliphatic rings. The molecule has 0 aliphatic heterocycles. The molecule has 39 heavy (non-hydrogen) atoms. The van der Waals surface area contributed by atoms with Gasteiger partial charge >= 0.3 is 6.09 Å². The molecule has 0 spiro atoms. The molecule has 204 valence electrons. The largest absolute Gasteiger partial charge is 0.413 e. The van der Waals surface area contributed by atoms with Gasteiger partial charge in [0.15, 0.2) is 0 Å². The van der Waals surface area contributed by atoms with Crippen LogP contribution in [0.25, 0.3) is 10.9 Å². The summed E-state index contributed by atoms with van der Waals surface area (Å²) in [6.07, 6.45) is 1.66. The van der Waals surface area contributed by atoms with Crippen molar-refractivity contribution in [2.45, 2.75) is 51.2 Å². The minimum absolute atomic E-state index is 0.260. The van der Waals surface area contributed by atoms with Crippen molar-refractivity contribution >= 4 is 34.5 Å². The number of rotatable bonds is 8. The highest BCUT2D eigenvalue weighted by atomic mass is 35.5. The Morgan fingerprint density at radius 3 is 2.28 bits per heavy atom. The summed E-state index contributed by atoms with van der Waals surface area (Å²) in [5.41, 5.74) is 0.589. The number of halogens is 1. The molecule has 3 aromatic carbocycles. The third-order valence-corrected chi connectivity index (χ3v) is 6.93. The second-order valence-electron chi connectivity index (χ2n) is 10.5. The summed E-state index contributed by atoms with van der Waals surface area (Å²) >= 11 is 6.21. The zero-order valence-corrected chi connectivity index (χ0v) is 23.3. The Hall–Kier alpha value is -3.81. The summed E-state index contributed by atoms with van der Waals surface area (Å²) in [5, 5.41) is 17.3. The van der Waals surface area contributed by atoms with Crippen molar-refractivity contribution in [3.63, 3.8) is 0 Å². The van der Waals surface area contributed by atoms with Crippen LogP contribution in [0, 0.1) is 0 Å². The van der Waals surface area contributed by atoms with Crippen LogP contribution in [0.3, 0.4) is 0 Å². The fraction of sp³-hybridized carbons (Fsp3) is 0.290. The number of fused-ring (bicyclic) bond motifs is 1. The molecule has 0 fully saturated rings. The molecule has 0 saturated heterocycles. The van der Waals surface area contributed by atoms with Gasteiger partial charge < -0.3 is 25.0 Å². The van der Waals surface area contributed by atoms with Crippen molar-refractivity contribution < 1.29 is 19.4 Å². The lowest BCUT2D eigenvalue weighted by Gasteiger charge is -2.36. The van der Waals surface area contributed by atoms with Gasteiger partial charge in [0.2, 0.25) is 0 Å². The van der Waals surface area contributed by atoms with Crippen LogP contribution in [0.15, 0.2) is 85.1 Å². The van der Waals surface area contributed by atoms with E-state index in [0.717, 1.165) is 11.1 Å². The molecule has 4 rings (SSSR count). The van der Waals surface area contributed by atoms with Gasteiger partial charge in [0, 0.05) is 22.1 Å². The van der Waals surface area contributed by atoms with Crippen molar-refractivity contribution in [3.8, 4) is 5.75 Å². The third-order valence-electron chi connectivity index (χ3n) is 6.68. The zero-order chi connectivity index (χ0) is 28.2. The molecule has 0 radical (unpaired) electrons. The Bertz CT molecular complexity index is 1440. The number of carbonyl (C=O) groups excluding carboxylic acids is 2. The number of ether oxygens (including phenoxy) is 1. The minimum atomic E-state index is -1.19. The highest BCUT2D eigenvalue weighted by molar-refractivity contribution is 6.30. The van der Waals surface area contributed by atoms with E-state index in [9.17, 15) is 14.7 Å². The lowest BCUT2D eigenvalue weighted by molar-refractivity contribution is -0.129. The van der Waals surface area contributed by atoms with Crippen LogP contribution < -0.4 is 15.4 Å². The number of amides is 2. The second-order valence-corrected chi connectivity index (χ2v) is 10.9. The first kappa shape index (κ1) is 28.2. The smallest absolute Gasteiger partial charge is 0.410 e. The summed E-state index contributed by atoms with van der Waals surface area (Å²) in [6, 6.07) is 23.2. The number of nitrogens with one attached hydrogen (secondary N) is 2. The van der Waals surface area contributed by atoms with Gasteiger partial charge in [-0.3, -0.25) is 4.79 Å². The van der Waals surface area contributed by atoms with Gasteiger partial charge in [-0.25, -0.2) is 4.79 Å². The predicted molar refractivity (Wildman–Crippen MR) is 154 cm³/mol. The Balaban J connectivity index is 1.82. The normalized spacial score (nSPS) is 13.9. The van der Waals surface area contributed by atoms with Gasteiger partial charge in [-0.1, -0.05) is 67.1 Å². The predicted octanol–water partition coefficient (Wildman–Crippen LogP) is 6.19. The van der Waals surface area contributed by atoms with E-state index in [1.165, 1.54) is 0 Å². The van der Waals surface area contributed by atoms with Crippen LogP contribution in [-0.2, 0) is 10.3 Å². The summed E-state index contributed by atoms with van der Waals surface area (Å²) < 4.78 is 7.57. The summed E-state index contributed by atoms with van der Waals surface area (Å²) in [7, 11) is 0. The molecule has 1 heterocycles. The van der Waals surface area contributed by atoms with E-state index in [2.05, 4.69) is 10.6 Å². The van der Waals surface area contributed by atoms with E-state index in [4.69, 9.17) is 16.3 Å². The van der Waals surface area contributed by atoms with E-state index >= 15 is 0 Å². The van der Waals surface area contributed by atoms with Gasteiger partial charge in [0.25, 0.3) is 5.91 Å². The zero-order valence-electron chi connectivity index (χ0n) is 22.6. The van der Waals surface area contributed by atoms with Crippen LogP contribution in [-0.4, -0.2) is 33.8 Å². The monoisotopic (exact) mass is 547 g/mol. The second kappa shape index (κ2) is 11.5. The van der Waals surface area contributed by atoms with E-state index in [1.807, 2.05) is 93.1 Å². The van der Waals surface area contributed by atoms with Crippen molar-refractivity contribution in [1.82, 2.24) is 15.2 Å². The maximum atomic E-state index is 14.3. The van der Waals surface area contributed by atoms with Crippen LogP contribution in [0.1, 0.15) is 51.3 Å². The maximum absolute atomic E-state index is 14.3. The number of hydrogen-bond donors (Lipinski definition) is 3. The molecule has 3 N–H and O–H groups in total. The van der Waals surface area contributed by atoms with Gasteiger partial charge in [0.1, 0.15) is 11.3 Å². The Kier molecular flexibility index (Phi) is 8.33.